The number of rotatable bonds is 6. The number of ether oxygens (including phenoxy) is 1. The van der Waals surface area contributed by atoms with Gasteiger partial charge in [-0.25, -0.2) is 4.79 Å². The molecular weight excluding hydrogens is 432 g/mol. The number of aliphatic carboxylic acids is 1. The van der Waals surface area contributed by atoms with Crippen molar-refractivity contribution in [1.82, 2.24) is 10.2 Å². The minimum atomic E-state index is -0.797. The lowest BCUT2D eigenvalue weighted by atomic mass is 9.81. The third-order valence-electron chi connectivity index (χ3n) is 7.93. The molecule has 1 saturated heterocycles. The molecule has 1 unspecified atom stereocenters. The molecule has 5 rings (SSSR count). The van der Waals surface area contributed by atoms with Crippen LogP contribution in [0.3, 0.4) is 0 Å². The predicted molar refractivity (Wildman–Crippen MR) is 126 cm³/mol. The van der Waals surface area contributed by atoms with Crippen LogP contribution in [0.5, 0.6) is 0 Å². The van der Waals surface area contributed by atoms with Crippen molar-refractivity contribution in [3.05, 3.63) is 59.7 Å². The summed E-state index contributed by atoms with van der Waals surface area (Å²) in [7, 11) is 0. The first kappa shape index (κ1) is 22.4. The zero-order valence-electron chi connectivity index (χ0n) is 19.3. The summed E-state index contributed by atoms with van der Waals surface area (Å²) in [5.74, 6) is -1.36. The van der Waals surface area contributed by atoms with Crippen LogP contribution in [0.2, 0.25) is 0 Å². The molecule has 1 saturated carbocycles. The Kier molecular flexibility index (Phi) is 5.80. The lowest BCUT2D eigenvalue weighted by Gasteiger charge is -2.25. The van der Waals surface area contributed by atoms with Crippen molar-refractivity contribution in [2.45, 2.75) is 32.1 Å². The average molecular weight is 463 g/mol. The van der Waals surface area contributed by atoms with E-state index in [1.807, 2.05) is 24.3 Å². The number of alkyl carbamates (subject to hydrolysis) is 1. The van der Waals surface area contributed by atoms with E-state index in [1.54, 1.807) is 11.8 Å². The van der Waals surface area contributed by atoms with Crippen LogP contribution in [0.4, 0.5) is 4.79 Å². The van der Waals surface area contributed by atoms with Crippen LogP contribution in [0.15, 0.2) is 48.5 Å². The highest BCUT2D eigenvalue weighted by Crippen LogP contribution is 2.49. The molecule has 178 valence electrons. The van der Waals surface area contributed by atoms with Gasteiger partial charge in [0.25, 0.3) is 0 Å². The van der Waals surface area contributed by atoms with Crippen molar-refractivity contribution >= 4 is 18.0 Å². The van der Waals surface area contributed by atoms with E-state index in [0.29, 0.717) is 13.0 Å². The van der Waals surface area contributed by atoms with Crippen LogP contribution < -0.4 is 5.32 Å². The number of carbonyl (C=O) groups excluding carboxylic acids is 2. The fourth-order valence-corrected chi connectivity index (χ4v) is 6.09. The summed E-state index contributed by atoms with van der Waals surface area (Å²) in [5, 5.41) is 12.5. The van der Waals surface area contributed by atoms with Crippen molar-refractivity contribution in [1.29, 1.82) is 0 Å². The molecule has 1 aliphatic heterocycles. The number of amides is 2. The number of nitrogens with zero attached hydrogens (tertiary/aromatic N) is 1. The lowest BCUT2D eigenvalue weighted by Crippen LogP contribution is -2.42. The highest BCUT2D eigenvalue weighted by Gasteiger charge is 2.56. The van der Waals surface area contributed by atoms with Gasteiger partial charge in [-0.1, -0.05) is 61.9 Å². The van der Waals surface area contributed by atoms with E-state index in [0.717, 1.165) is 24.0 Å². The summed E-state index contributed by atoms with van der Waals surface area (Å²) in [6.07, 6.45) is 1.82. The quantitative estimate of drug-likeness (QED) is 0.679. The number of hydrogen-bond donors (Lipinski definition) is 2. The summed E-state index contributed by atoms with van der Waals surface area (Å²) in [6.45, 7) is 2.88. The summed E-state index contributed by atoms with van der Waals surface area (Å²) >= 11 is 0. The van der Waals surface area contributed by atoms with E-state index in [9.17, 15) is 19.5 Å². The maximum atomic E-state index is 12.9. The van der Waals surface area contributed by atoms with Gasteiger partial charge >= 0.3 is 12.1 Å². The normalized spacial score (nSPS) is 23.7. The standard InChI is InChI=1S/C27H30N2O5/c1-17(24(30)29-14-18-7-6-12-27(18,16-29)25(31)32)13-28-26(33)34-15-23-21-10-4-2-8-19(21)20-9-3-5-11-22(20)23/h2-5,8-11,17-18,23H,6-7,12-16H2,1H3,(H,28,33)(H,31,32)/t17?,18-,27-/m0/s1. The van der Waals surface area contributed by atoms with Gasteiger partial charge in [0, 0.05) is 25.6 Å². The molecule has 34 heavy (non-hydrogen) atoms. The SMILES string of the molecule is CC(CNC(=O)OCC1c2ccccc2-c2ccccc21)C(=O)N1C[C@@H]2CCC[C@]2(C(=O)O)C1. The number of benzene rings is 2. The van der Waals surface area contributed by atoms with Gasteiger partial charge in [-0.15, -0.1) is 0 Å². The van der Waals surface area contributed by atoms with Gasteiger partial charge in [0.1, 0.15) is 6.61 Å². The largest absolute Gasteiger partial charge is 0.481 e. The Hall–Kier alpha value is -3.35. The van der Waals surface area contributed by atoms with Crippen molar-refractivity contribution in [2.24, 2.45) is 17.3 Å². The van der Waals surface area contributed by atoms with Crippen molar-refractivity contribution < 1.29 is 24.2 Å². The van der Waals surface area contributed by atoms with Gasteiger partial charge in [-0.3, -0.25) is 9.59 Å². The molecule has 2 amide bonds. The molecule has 1 heterocycles. The monoisotopic (exact) mass is 462 g/mol. The lowest BCUT2D eigenvalue weighted by molar-refractivity contribution is -0.149. The van der Waals surface area contributed by atoms with Crippen molar-refractivity contribution in [3.8, 4) is 11.1 Å². The molecule has 3 atom stereocenters. The number of likely N-dealkylation sites (tertiary alicyclic amines) is 1. The maximum absolute atomic E-state index is 12.9. The molecule has 2 aromatic rings. The first-order valence-corrected chi connectivity index (χ1v) is 12.0. The molecule has 2 N–H and O–H groups in total. The zero-order valence-corrected chi connectivity index (χ0v) is 19.3. The average Bonchev–Trinajstić information content (AvgIpc) is 3.50. The minimum Gasteiger partial charge on any atom is -0.481 e. The first-order valence-electron chi connectivity index (χ1n) is 12.0. The zero-order chi connectivity index (χ0) is 23.9. The molecule has 7 heteroatoms. The smallest absolute Gasteiger partial charge is 0.407 e. The van der Waals surface area contributed by atoms with Gasteiger partial charge in [-0.2, -0.15) is 0 Å². The molecule has 2 fully saturated rings. The van der Waals surface area contributed by atoms with Gasteiger partial charge in [0.2, 0.25) is 5.91 Å². The minimum absolute atomic E-state index is 0.0200. The Labute approximate surface area is 199 Å². The van der Waals surface area contributed by atoms with Crippen LogP contribution in [0.25, 0.3) is 11.1 Å². The van der Waals surface area contributed by atoms with Crippen LogP contribution in [0, 0.1) is 17.3 Å². The molecule has 2 aliphatic carbocycles. The van der Waals surface area contributed by atoms with Gasteiger partial charge in [-0.05, 0) is 41.0 Å². The molecule has 0 radical (unpaired) electrons. The Morgan fingerprint density at radius 2 is 1.76 bits per heavy atom. The molecule has 7 nitrogen and oxygen atoms in total. The van der Waals surface area contributed by atoms with Gasteiger partial charge in [0.15, 0.2) is 0 Å². The van der Waals surface area contributed by atoms with Crippen LogP contribution in [-0.2, 0) is 14.3 Å². The van der Waals surface area contributed by atoms with Crippen LogP contribution >= 0.6 is 0 Å². The molecule has 0 bridgehead atoms. The second-order valence-corrected chi connectivity index (χ2v) is 9.88. The Morgan fingerprint density at radius 3 is 2.38 bits per heavy atom. The Bertz CT molecular complexity index is 1090. The van der Waals surface area contributed by atoms with Crippen molar-refractivity contribution in [2.75, 3.05) is 26.2 Å². The summed E-state index contributed by atoms with van der Waals surface area (Å²) in [6, 6.07) is 16.3. The third-order valence-corrected chi connectivity index (χ3v) is 7.93. The van der Waals surface area contributed by atoms with Crippen LogP contribution in [0.1, 0.15) is 43.2 Å². The van der Waals surface area contributed by atoms with E-state index >= 15 is 0 Å². The number of hydrogen-bond acceptors (Lipinski definition) is 4. The Balaban J connectivity index is 1.15. The number of fused-ring (bicyclic) bond motifs is 4. The third kappa shape index (κ3) is 3.73. The molecule has 0 spiro atoms. The number of carboxylic acid groups (broad SMARTS) is 1. The molecular formula is C27H30N2O5. The topological polar surface area (TPSA) is 95.9 Å². The van der Waals surface area contributed by atoms with Crippen molar-refractivity contribution in [3.63, 3.8) is 0 Å². The summed E-state index contributed by atoms with van der Waals surface area (Å²) in [5.41, 5.74) is 3.83. The molecule has 2 aromatic carbocycles. The number of carboxylic acids is 1. The van der Waals surface area contributed by atoms with E-state index in [-0.39, 0.29) is 37.4 Å². The van der Waals surface area contributed by atoms with E-state index in [1.165, 1.54) is 11.1 Å². The first-order chi connectivity index (χ1) is 16.4. The predicted octanol–water partition coefficient (Wildman–Crippen LogP) is 3.87. The summed E-state index contributed by atoms with van der Waals surface area (Å²) < 4.78 is 5.55. The van der Waals surface area contributed by atoms with E-state index in [4.69, 9.17) is 4.74 Å². The number of carbonyl (C=O) groups is 3. The van der Waals surface area contributed by atoms with Gasteiger partial charge in [0.05, 0.1) is 11.3 Å². The van der Waals surface area contributed by atoms with E-state index < -0.39 is 23.4 Å². The Morgan fingerprint density at radius 1 is 1.12 bits per heavy atom. The summed E-state index contributed by atoms with van der Waals surface area (Å²) in [4.78, 5) is 38.9. The fourth-order valence-electron chi connectivity index (χ4n) is 6.09. The van der Waals surface area contributed by atoms with Gasteiger partial charge < -0.3 is 20.1 Å². The molecule has 0 aromatic heterocycles. The molecule has 3 aliphatic rings. The highest BCUT2D eigenvalue weighted by atomic mass is 16.5. The fraction of sp³-hybridized carbons (Fsp3) is 0.444. The number of nitrogens with one attached hydrogen (secondary N) is 1. The second-order valence-electron chi connectivity index (χ2n) is 9.88. The maximum Gasteiger partial charge on any atom is 0.407 e. The van der Waals surface area contributed by atoms with Crippen LogP contribution in [-0.4, -0.2) is 54.2 Å². The van der Waals surface area contributed by atoms with E-state index in [2.05, 4.69) is 29.6 Å². The highest BCUT2D eigenvalue weighted by molar-refractivity contribution is 5.83. The second kappa shape index (κ2) is 8.78.